The molecule has 172 valence electrons. The van der Waals surface area contributed by atoms with Gasteiger partial charge in [-0.1, -0.05) is 41.9 Å². The monoisotopic (exact) mass is 495 g/mol. The molecule has 1 N–H and O–H groups in total. The Hall–Kier alpha value is -3.89. The van der Waals surface area contributed by atoms with Crippen molar-refractivity contribution in [2.45, 2.75) is 13.5 Å². The summed E-state index contributed by atoms with van der Waals surface area (Å²) in [6.07, 6.45) is 0. The van der Waals surface area contributed by atoms with Gasteiger partial charge in [-0.3, -0.25) is 19.7 Å². The van der Waals surface area contributed by atoms with E-state index in [1.165, 1.54) is 34.2 Å². The number of aryl methyl sites for hydroxylation is 1. The summed E-state index contributed by atoms with van der Waals surface area (Å²) in [5.74, 6) is -0.505. The van der Waals surface area contributed by atoms with Gasteiger partial charge in [0.2, 0.25) is 0 Å². The summed E-state index contributed by atoms with van der Waals surface area (Å²) < 4.78 is 1.27. The van der Waals surface area contributed by atoms with Crippen molar-refractivity contribution in [1.82, 2.24) is 20.1 Å². The van der Waals surface area contributed by atoms with Crippen LogP contribution in [0.2, 0.25) is 5.02 Å². The van der Waals surface area contributed by atoms with Crippen molar-refractivity contribution < 1.29 is 9.72 Å². The van der Waals surface area contributed by atoms with Gasteiger partial charge in [-0.15, -0.1) is 11.3 Å². The average Bonchev–Trinajstić information content (AvgIpc) is 3.22. The van der Waals surface area contributed by atoms with E-state index in [4.69, 9.17) is 11.6 Å². The Bertz CT molecular complexity index is 1440. The van der Waals surface area contributed by atoms with Crippen LogP contribution in [0.5, 0.6) is 0 Å². The lowest BCUT2D eigenvalue weighted by atomic mass is 10.2. The molecular formula is C23H18ClN5O4S. The Balaban J connectivity index is 1.47. The summed E-state index contributed by atoms with van der Waals surface area (Å²) in [4.78, 5) is 40.4. The number of carbonyl (C=O) groups excluding carboxylic acids is 1. The molecule has 0 aliphatic carbocycles. The SMILES string of the molecule is Cc1nc(-c2ccccc2)sc1-c1ccc(=O)n(CCNC(=O)c2ccc([N+](=O)[O-])cc2Cl)n1. The third kappa shape index (κ3) is 5.03. The van der Waals surface area contributed by atoms with Crippen LogP contribution in [0.15, 0.2) is 65.5 Å². The number of benzene rings is 2. The summed E-state index contributed by atoms with van der Waals surface area (Å²) in [5, 5.41) is 18.8. The Morgan fingerprint density at radius 1 is 1.18 bits per heavy atom. The third-order valence-electron chi connectivity index (χ3n) is 4.93. The number of non-ortho nitro benzene ring substituents is 1. The molecule has 0 radical (unpaired) electrons. The van der Waals surface area contributed by atoms with E-state index in [0.717, 1.165) is 27.2 Å². The van der Waals surface area contributed by atoms with Crippen LogP contribution in [-0.2, 0) is 6.54 Å². The van der Waals surface area contributed by atoms with Crippen molar-refractivity contribution in [3.05, 3.63) is 97.4 Å². The zero-order valence-corrected chi connectivity index (χ0v) is 19.5. The first-order valence-corrected chi connectivity index (χ1v) is 11.4. The molecular weight excluding hydrogens is 478 g/mol. The number of nitro benzene ring substituents is 1. The van der Waals surface area contributed by atoms with Gasteiger partial charge in [-0.05, 0) is 19.1 Å². The van der Waals surface area contributed by atoms with Gasteiger partial charge < -0.3 is 5.32 Å². The van der Waals surface area contributed by atoms with Gasteiger partial charge in [-0.25, -0.2) is 9.67 Å². The van der Waals surface area contributed by atoms with Crippen LogP contribution >= 0.6 is 22.9 Å². The molecule has 2 heterocycles. The van der Waals surface area contributed by atoms with Gasteiger partial charge in [0.25, 0.3) is 17.2 Å². The molecule has 0 saturated heterocycles. The second-order valence-electron chi connectivity index (χ2n) is 7.26. The minimum Gasteiger partial charge on any atom is -0.350 e. The lowest BCUT2D eigenvalue weighted by molar-refractivity contribution is -0.384. The fourth-order valence-corrected chi connectivity index (χ4v) is 4.54. The summed E-state index contributed by atoms with van der Waals surface area (Å²) in [6, 6.07) is 16.5. The van der Waals surface area contributed by atoms with Gasteiger partial charge in [-0.2, -0.15) is 5.10 Å². The number of aromatic nitrogens is 3. The van der Waals surface area contributed by atoms with Crippen LogP contribution in [-0.4, -0.2) is 32.1 Å². The quantitative estimate of drug-likeness (QED) is 0.301. The van der Waals surface area contributed by atoms with Gasteiger partial charge in [0.1, 0.15) is 10.7 Å². The molecule has 0 atom stereocenters. The average molecular weight is 496 g/mol. The second kappa shape index (κ2) is 9.94. The molecule has 0 bridgehead atoms. The predicted octanol–water partition coefficient (Wildman–Crippen LogP) is 4.33. The highest BCUT2D eigenvalue weighted by molar-refractivity contribution is 7.18. The molecule has 0 fully saturated rings. The maximum atomic E-state index is 12.4. The number of hydrogen-bond acceptors (Lipinski definition) is 7. The van der Waals surface area contributed by atoms with Gasteiger partial charge in [0.05, 0.1) is 32.6 Å². The third-order valence-corrected chi connectivity index (χ3v) is 6.48. The maximum Gasteiger partial charge on any atom is 0.270 e. The van der Waals surface area contributed by atoms with Crippen molar-refractivity contribution in [3.8, 4) is 21.1 Å². The number of nitro groups is 1. The Morgan fingerprint density at radius 2 is 1.94 bits per heavy atom. The van der Waals surface area contributed by atoms with E-state index in [1.807, 2.05) is 37.3 Å². The number of thiazole rings is 1. The van der Waals surface area contributed by atoms with Gasteiger partial charge in [0.15, 0.2) is 0 Å². The van der Waals surface area contributed by atoms with Crippen LogP contribution < -0.4 is 10.9 Å². The molecule has 2 aromatic carbocycles. The minimum absolute atomic E-state index is 0.0288. The molecule has 2 aromatic heterocycles. The fourth-order valence-electron chi connectivity index (χ4n) is 3.24. The van der Waals surface area contributed by atoms with E-state index in [2.05, 4.69) is 15.4 Å². The van der Waals surface area contributed by atoms with Gasteiger partial charge in [0, 0.05) is 30.3 Å². The van der Waals surface area contributed by atoms with Crippen LogP contribution in [0.3, 0.4) is 0 Å². The zero-order chi connectivity index (χ0) is 24.2. The highest BCUT2D eigenvalue weighted by atomic mass is 35.5. The van der Waals surface area contributed by atoms with Crippen LogP contribution in [0.1, 0.15) is 16.1 Å². The molecule has 34 heavy (non-hydrogen) atoms. The summed E-state index contributed by atoms with van der Waals surface area (Å²) >= 11 is 7.49. The molecule has 9 nitrogen and oxygen atoms in total. The number of nitrogens with zero attached hydrogens (tertiary/aromatic N) is 4. The van der Waals surface area contributed by atoms with E-state index in [-0.39, 0.29) is 34.9 Å². The number of amides is 1. The zero-order valence-electron chi connectivity index (χ0n) is 17.9. The highest BCUT2D eigenvalue weighted by Gasteiger charge is 2.16. The first-order valence-electron chi connectivity index (χ1n) is 10.2. The number of carbonyl (C=O) groups is 1. The molecule has 0 spiro atoms. The maximum absolute atomic E-state index is 12.4. The number of rotatable bonds is 7. The molecule has 0 aliphatic rings. The number of halogens is 1. The van der Waals surface area contributed by atoms with Crippen LogP contribution in [0.4, 0.5) is 5.69 Å². The topological polar surface area (TPSA) is 120 Å². The van der Waals surface area contributed by atoms with Gasteiger partial charge >= 0.3 is 0 Å². The number of hydrogen-bond donors (Lipinski definition) is 1. The molecule has 1 amide bonds. The lowest BCUT2D eigenvalue weighted by Gasteiger charge is -2.09. The Morgan fingerprint density at radius 3 is 2.65 bits per heavy atom. The fraction of sp³-hybridized carbons (Fsp3) is 0.130. The van der Waals surface area contributed by atoms with Crippen molar-refractivity contribution in [3.63, 3.8) is 0 Å². The van der Waals surface area contributed by atoms with E-state index in [0.29, 0.717) is 5.69 Å². The largest absolute Gasteiger partial charge is 0.350 e. The summed E-state index contributed by atoms with van der Waals surface area (Å²) in [6.45, 7) is 2.13. The minimum atomic E-state index is -0.591. The van der Waals surface area contributed by atoms with E-state index in [9.17, 15) is 19.7 Å². The van der Waals surface area contributed by atoms with E-state index in [1.54, 1.807) is 6.07 Å². The second-order valence-corrected chi connectivity index (χ2v) is 8.66. The van der Waals surface area contributed by atoms with Crippen molar-refractivity contribution in [1.29, 1.82) is 0 Å². The van der Waals surface area contributed by atoms with Crippen molar-refractivity contribution >= 4 is 34.5 Å². The van der Waals surface area contributed by atoms with Crippen LogP contribution in [0.25, 0.3) is 21.1 Å². The normalized spacial score (nSPS) is 10.8. The highest BCUT2D eigenvalue weighted by Crippen LogP contribution is 2.33. The van der Waals surface area contributed by atoms with Crippen LogP contribution in [0, 0.1) is 17.0 Å². The van der Waals surface area contributed by atoms with Crippen molar-refractivity contribution in [2.24, 2.45) is 0 Å². The molecule has 11 heteroatoms. The predicted molar refractivity (Wildman–Crippen MR) is 130 cm³/mol. The van der Waals surface area contributed by atoms with Crippen molar-refractivity contribution in [2.75, 3.05) is 6.54 Å². The summed E-state index contributed by atoms with van der Waals surface area (Å²) in [7, 11) is 0. The lowest BCUT2D eigenvalue weighted by Crippen LogP contribution is -2.32. The summed E-state index contributed by atoms with van der Waals surface area (Å²) in [5.41, 5.74) is 2.02. The Kier molecular flexibility index (Phi) is 6.80. The number of nitrogens with one attached hydrogen (secondary N) is 1. The first-order chi connectivity index (χ1) is 16.3. The standard InChI is InChI=1S/C23H18ClN5O4S/c1-14-21(34-23(26-14)15-5-3-2-4-6-15)19-9-10-20(30)28(27-19)12-11-25-22(31)17-8-7-16(29(32)33)13-18(17)24/h2-10,13H,11-12H2,1H3,(H,25,31). The van der Waals surface area contributed by atoms with E-state index < -0.39 is 10.8 Å². The Labute approximate surface area is 202 Å². The smallest absolute Gasteiger partial charge is 0.270 e. The first kappa shape index (κ1) is 23.3. The molecule has 0 unspecified atom stereocenters. The molecule has 4 aromatic rings. The molecule has 0 aliphatic heterocycles. The van der Waals surface area contributed by atoms with E-state index >= 15 is 0 Å². The molecule has 4 rings (SSSR count). The molecule has 0 saturated carbocycles.